The zero-order valence-corrected chi connectivity index (χ0v) is 10.0. The summed E-state index contributed by atoms with van der Waals surface area (Å²) >= 11 is 0. The molecule has 1 aliphatic heterocycles. The highest BCUT2D eigenvalue weighted by Crippen LogP contribution is 2.32. The predicted octanol–water partition coefficient (Wildman–Crippen LogP) is 1.94. The number of aliphatic hydroxyl groups is 1. The second-order valence-corrected chi connectivity index (χ2v) is 4.60. The zero-order valence-electron chi connectivity index (χ0n) is 10.0. The van der Waals surface area contributed by atoms with E-state index in [-0.39, 0.29) is 24.3 Å². The Morgan fingerprint density at radius 2 is 2.33 bits per heavy atom. The number of hydrogen-bond acceptors (Lipinski definition) is 4. The molecule has 0 spiro atoms. The molecule has 1 fully saturated rings. The Kier molecular flexibility index (Phi) is 3.47. The van der Waals surface area contributed by atoms with Crippen molar-refractivity contribution in [2.45, 2.75) is 19.4 Å². The van der Waals surface area contributed by atoms with Gasteiger partial charge in [0.1, 0.15) is 0 Å². The molecule has 6 heteroatoms. The molecule has 2 atom stereocenters. The minimum Gasteiger partial charge on any atom is -0.394 e. The van der Waals surface area contributed by atoms with Crippen molar-refractivity contribution in [1.29, 1.82) is 0 Å². The zero-order chi connectivity index (χ0) is 13.3. The van der Waals surface area contributed by atoms with E-state index in [0.29, 0.717) is 12.2 Å². The van der Waals surface area contributed by atoms with Gasteiger partial charge in [-0.3, -0.25) is 10.1 Å². The highest BCUT2D eigenvalue weighted by Gasteiger charge is 2.32. The molecule has 0 aromatic heterocycles. The van der Waals surface area contributed by atoms with Gasteiger partial charge in [0.25, 0.3) is 5.69 Å². The number of nitro benzene ring substituents is 1. The minimum absolute atomic E-state index is 0.0441. The van der Waals surface area contributed by atoms with E-state index >= 15 is 0 Å². The maximum atomic E-state index is 13.9. The Hall–Kier alpha value is -1.69. The molecule has 5 nitrogen and oxygen atoms in total. The fourth-order valence-electron chi connectivity index (χ4n) is 2.43. The number of hydrogen-bond donors (Lipinski definition) is 1. The van der Waals surface area contributed by atoms with Crippen molar-refractivity contribution in [1.82, 2.24) is 0 Å². The van der Waals surface area contributed by atoms with E-state index in [2.05, 4.69) is 0 Å². The summed E-state index contributed by atoms with van der Waals surface area (Å²) in [6.07, 6.45) is 0.877. The van der Waals surface area contributed by atoms with Crippen LogP contribution >= 0.6 is 0 Å². The van der Waals surface area contributed by atoms with Gasteiger partial charge in [-0.25, -0.2) is 4.39 Å². The SMILES string of the molecule is CC1CCN(c2ccc([N+](=O)[O-])cc2F)C1CO. The summed E-state index contributed by atoms with van der Waals surface area (Å²) in [5.74, 6) is -0.332. The van der Waals surface area contributed by atoms with Crippen molar-refractivity contribution in [3.8, 4) is 0 Å². The van der Waals surface area contributed by atoms with Gasteiger partial charge in [-0.15, -0.1) is 0 Å². The van der Waals surface area contributed by atoms with Crippen LogP contribution in [0.25, 0.3) is 0 Å². The Morgan fingerprint density at radius 1 is 1.61 bits per heavy atom. The second kappa shape index (κ2) is 4.89. The van der Waals surface area contributed by atoms with Crippen molar-refractivity contribution < 1.29 is 14.4 Å². The average molecular weight is 254 g/mol. The van der Waals surface area contributed by atoms with E-state index in [1.54, 1.807) is 4.90 Å². The van der Waals surface area contributed by atoms with Crippen LogP contribution in [0.2, 0.25) is 0 Å². The van der Waals surface area contributed by atoms with Gasteiger partial charge < -0.3 is 10.0 Å². The van der Waals surface area contributed by atoms with Crippen LogP contribution in [-0.4, -0.2) is 29.2 Å². The number of nitrogens with zero attached hydrogens (tertiary/aromatic N) is 2. The summed E-state index contributed by atoms with van der Waals surface area (Å²) in [6.45, 7) is 2.61. The molecule has 1 heterocycles. The molecule has 2 unspecified atom stereocenters. The molecular formula is C12H15FN2O3. The summed E-state index contributed by atoms with van der Waals surface area (Å²) in [6, 6.07) is 3.50. The van der Waals surface area contributed by atoms with Crippen LogP contribution in [0.4, 0.5) is 15.8 Å². The van der Waals surface area contributed by atoms with Crippen LogP contribution in [0, 0.1) is 21.8 Å². The third-order valence-corrected chi connectivity index (χ3v) is 3.52. The number of rotatable bonds is 3. The third-order valence-electron chi connectivity index (χ3n) is 3.52. The molecule has 0 radical (unpaired) electrons. The molecular weight excluding hydrogens is 239 g/mol. The summed E-state index contributed by atoms with van der Waals surface area (Å²) in [5, 5.41) is 19.9. The van der Waals surface area contributed by atoms with Crippen molar-refractivity contribution in [3.05, 3.63) is 34.1 Å². The lowest BCUT2D eigenvalue weighted by molar-refractivity contribution is -0.385. The number of benzene rings is 1. The Balaban J connectivity index is 2.31. The Labute approximate surface area is 104 Å². The van der Waals surface area contributed by atoms with Crippen LogP contribution in [-0.2, 0) is 0 Å². The second-order valence-electron chi connectivity index (χ2n) is 4.60. The fraction of sp³-hybridized carbons (Fsp3) is 0.500. The smallest absolute Gasteiger partial charge is 0.272 e. The molecule has 1 aromatic rings. The first-order valence-corrected chi connectivity index (χ1v) is 5.86. The molecule has 1 aromatic carbocycles. The van der Waals surface area contributed by atoms with Gasteiger partial charge >= 0.3 is 0 Å². The summed E-state index contributed by atoms with van der Waals surface area (Å²) in [5.41, 5.74) is 0.0630. The summed E-state index contributed by atoms with van der Waals surface area (Å²) in [4.78, 5) is 11.7. The topological polar surface area (TPSA) is 66.6 Å². The number of nitro groups is 1. The highest BCUT2D eigenvalue weighted by atomic mass is 19.1. The minimum atomic E-state index is -0.622. The quantitative estimate of drug-likeness (QED) is 0.661. The molecule has 0 amide bonds. The van der Waals surface area contributed by atoms with E-state index in [4.69, 9.17) is 0 Å². The summed E-state index contributed by atoms with van der Waals surface area (Å²) < 4.78 is 13.9. The van der Waals surface area contributed by atoms with Gasteiger partial charge in [0, 0.05) is 12.6 Å². The number of non-ortho nitro benzene ring substituents is 1. The first-order valence-electron chi connectivity index (χ1n) is 5.86. The molecule has 98 valence electrons. The maximum Gasteiger partial charge on any atom is 0.272 e. The lowest BCUT2D eigenvalue weighted by Crippen LogP contribution is -2.35. The largest absolute Gasteiger partial charge is 0.394 e. The molecule has 0 bridgehead atoms. The van der Waals surface area contributed by atoms with E-state index in [1.165, 1.54) is 12.1 Å². The first kappa shape index (κ1) is 12.8. The van der Waals surface area contributed by atoms with Crippen LogP contribution in [0.3, 0.4) is 0 Å². The van der Waals surface area contributed by atoms with Gasteiger partial charge in [-0.2, -0.15) is 0 Å². The van der Waals surface area contributed by atoms with Gasteiger partial charge in [-0.1, -0.05) is 6.92 Å². The van der Waals surface area contributed by atoms with E-state index in [9.17, 15) is 19.6 Å². The van der Waals surface area contributed by atoms with Crippen molar-refractivity contribution in [2.75, 3.05) is 18.1 Å². The summed E-state index contributed by atoms with van der Waals surface area (Å²) in [7, 11) is 0. The standard InChI is InChI=1S/C12H15FN2O3/c1-8-4-5-14(12(8)7-16)11-3-2-9(15(17)18)6-10(11)13/h2-3,6,8,12,16H,4-5,7H2,1H3. The molecule has 1 saturated heterocycles. The highest BCUT2D eigenvalue weighted by molar-refractivity contribution is 5.54. The van der Waals surface area contributed by atoms with Gasteiger partial charge in [-0.05, 0) is 18.4 Å². The molecule has 0 aliphatic carbocycles. The van der Waals surface area contributed by atoms with Crippen molar-refractivity contribution >= 4 is 11.4 Å². The lowest BCUT2D eigenvalue weighted by atomic mass is 10.0. The van der Waals surface area contributed by atoms with E-state index < -0.39 is 10.7 Å². The lowest BCUT2D eigenvalue weighted by Gasteiger charge is -2.27. The van der Waals surface area contributed by atoms with Crippen LogP contribution in [0.15, 0.2) is 18.2 Å². The third kappa shape index (κ3) is 2.15. The van der Waals surface area contributed by atoms with Crippen molar-refractivity contribution in [2.24, 2.45) is 5.92 Å². The number of anilines is 1. The maximum absolute atomic E-state index is 13.9. The first-order chi connectivity index (χ1) is 8.54. The van der Waals surface area contributed by atoms with E-state index in [1.807, 2.05) is 6.92 Å². The molecule has 0 saturated carbocycles. The molecule has 2 rings (SSSR count). The predicted molar refractivity (Wildman–Crippen MR) is 65.1 cm³/mol. The van der Waals surface area contributed by atoms with Gasteiger partial charge in [0.2, 0.25) is 0 Å². The monoisotopic (exact) mass is 254 g/mol. The van der Waals surface area contributed by atoms with E-state index in [0.717, 1.165) is 12.5 Å². The molecule has 18 heavy (non-hydrogen) atoms. The Bertz CT molecular complexity index is 467. The molecule has 1 aliphatic rings. The fourth-order valence-corrected chi connectivity index (χ4v) is 2.43. The van der Waals surface area contributed by atoms with Crippen LogP contribution in [0.1, 0.15) is 13.3 Å². The normalized spacial score (nSPS) is 23.4. The average Bonchev–Trinajstić information content (AvgIpc) is 2.70. The van der Waals surface area contributed by atoms with Crippen molar-refractivity contribution in [3.63, 3.8) is 0 Å². The van der Waals surface area contributed by atoms with Crippen LogP contribution in [0.5, 0.6) is 0 Å². The van der Waals surface area contributed by atoms with Gasteiger partial charge in [0.05, 0.1) is 29.3 Å². The Morgan fingerprint density at radius 3 is 2.89 bits per heavy atom. The molecule has 1 N–H and O–H groups in total. The number of aliphatic hydroxyl groups excluding tert-OH is 1. The van der Waals surface area contributed by atoms with Gasteiger partial charge in [0.15, 0.2) is 5.82 Å². The van der Waals surface area contributed by atoms with Crippen LogP contribution < -0.4 is 4.90 Å². The number of halogens is 1.